The van der Waals surface area contributed by atoms with Crippen LogP contribution in [-0.4, -0.2) is 13.0 Å². The Hall–Kier alpha value is -2.02. The molecule has 0 heterocycles. The predicted octanol–water partition coefficient (Wildman–Crippen LogP) is 2.99. The smallest absolute Gasteiger partial charge is 0.241 e. The highest BCUT2D eigenvalue weighted by Crippen LogP contribution is 2.23. The average molecular weight is 260 g/mol. The van der Waals surface area contributed by atoms with Crippen LogP contribution in [0.5, 0.6) is 5.75 Å². The molecule has 19 heavy (non-hydrogen) atoms. The van der Waals surface area contributed by atoms with Gasteiger partial charge in [0.1, 0.15) is 11.7 Å². The van der Waals surface area contributed by atoms with Crippen molar-refractivity contribution < 1.29 is 9.53 Å². The lowest BCUT2D eigenvalue weighted by Crippen LogP contribution is -2.25. The van der Waals surface area contributed by atoms with Gasteiger partial charge in [-0.1, -0.05) is 20.8 Å². The SMILES string of the molecule is CCc1cc(NC(=O)C(C#N)C(C)C)ccc1OC. The summed E-state index contributed by atoms with van der Waals surface area (Å²) in [5.41, 5.74) is 1.72. The third-order valence-corrected chi connectivity index (χ3v) is 3.02. The third-order valence-electron chi connectivity index (χ3n) is 3.02. The zero-order valence-corrected chi connectivity index (χ0v) is 11.9. The Balaban J connectivity index is 2.89. The molecule has 0 saturated heterocycles. The Kier molecular flexibility index (Phi) is 5.37. The molecule has 4 nitrogen and oxygen atoms in total. The highest BCUT2D eigenvalue weighted by atomic mass is 16.5. The van der Waals surface area contributed by atoms with Gasteiger partial charge in [0.15, 0.2) is 0 Å². The molecule has 1 atom stereocenters. The van der Waals surface area contributed by atoms with Gasteiger partial charge in [0.25, 0.3) is 0 Å². The van der Waals surface area contributed by atoms with E-state index in [1.54, 1.807) is 13.2 Å². The molecule has 0 fully saturated rings. The zero-order chi connectivity index (χ0) is 14.4. The molecule has 0 saturated carbocycles. The summed E-state index contributed by atoms with van der Waals surface area (Å²) in [7, 11) is 1.62. The van der Waals surface area contributed by atoms with Crippen LogP contribution in [0, 0.1) is 23.2 Å². The molecule has 1 aromatic rings. The number of rotatable bonds is 5. The van der Waals surface area contributed by atoms with Gasteiger partial charge in [-0.3, -0.25) is 4.79 Å². The van der Waals surface area contributed by atoms with Crippen molar-refractivity contribution in [2.45, 2.75) is 27.2 Å². The Morgan fingerprint density at radius 3 is 2.63 bits per heavy atom. The molecule has 0 radical (unpaired) electrons. The number of anilines is 1. The van der Waals surface area contributed by atoms with E-state index in [0.717, 1.165) is 17.7 Å². The lowest BCUT2D eigenvalue weighted by atomic mass is 9.96. The molecule has 0 aromatic heterocycles. The lowest BCUT2D eigenvalue weighted by Gasteiger charge is -2.14. The summed E-state index contributed by atoms with van der Waals surface area (Å²) in [5, 5.41) is 11.8. The molecule has 0 aliphatic heterocycles. The number of hydrogen-bond acceptors (Lipinski definition) is 3. The number of nitrogens with zero attached hydrogens (tertiary/aromatic N) is 1. The van der Waals surface area contributed by atoms with Crippen LogP contribution in [0.25, 0.3) is 0 Å². The fraction of sp³-hybridized carbons (Fsp3) is 0.467. The second-order valence-corrected chi connectivity index (χ2v) is 4.72. The number of nitriles is 1. The maximum Gasteiger partial charge on any atom is 0.241 e. The Labute approximate surface area is 114 Å². The zero-order valence-electron chi connectivity index (χ0n) is 11.9. The average Bonchev–Trinajstić information content (AvgIpc) is 2.38. The summed E-state index contributed by atoms with van der Waals surface area (Å²) in [6, 6.07) is 7.52. The molecule has 1 rings (SSSR count). The molecule has 0 spiro atoms. The molecule has 1 aromatic carbocycles. The van der Waals surface area contributed by atoms with Crippen molar-refractivity contribution in [1.82, 2.24) is 0 Å². The second-order valence-electron chi connectivity index (χ2n) is 4.72. The number of carbonyl (C=O) groups is 1. The van der Waals surface area contributed by atoms with Crippen molar-refractivity contribution in [3.8, 4) is 11.8 Å². The largest absolute Gasteiger partial charge is 0.496 e. The number of hydrogen-bond donors (Lipinski definition) is 1. The highest BCUT2D eigenvalue weighted by molar-refractivity contribution is 5.94. The molecule has 4 heteroatoms. The molecule has 1 unspecified atom stereocenters. The van der Waals surface area contributed by atoms with Crippen molar-refractivity contribution in [3.05, 3.63) is 23.8 Å². The van der Waals surface area contributed by atoms with Gasteiger partial charge >= 0.3 is 0 Å². The summed E-state index contributed by atoms with van der Waals surface area (Å²) in [5.74, 6) is -0.0908. The molecule has 102 valence electrons. The van der Waals surface area contributed by atoms with E-state index < -0.39 is 5.92 Å². The standard InChI is InChI=1S/C15H20N2O2/c1-5-11-8-12(6-7-14(11)19-4)17-15(18)13(9-16)10(2)3/h6-8,10,13H,5H2,1-4H3,(H,17,18). The first kappa shape index (κ1) is 15.0. The van der Waals surface area contributed by atoms with E-state index in [2.05, 4.69) is 5.32 Å². The fourth-order valence-electron chi connectivity index (χ4n) is 1.86. The van der Waals surface area contributed by atoms with Crippen LogP contribution in [0.3, 0.4) is 0 Å². The van der Waals surface area contributed by atoms with Crippen LogP contribution in [-0.2, 0) is 11.2 Å². The number of methoxy groups -OCH3 is 1. The lowest BCUT2D eigenvalue weighted by molar-refractivity contribution is -0.119. The topological polar surface area (TPSA) is 62.1 Å². The van der Waals surface area contributed by atoms with Crippen LogP contribution < -0.4 is 10.1 Å². The van der Waals surface area contributed by atoms with Crippen LogP contribution in [0.1, 0.15) is 26.3 Å². The summed E-state index contributed by atoms with van der Waals surface area (Å²) in [4.78, 5) is 12.0. The fourth-order valence-corrected chi connectivity index (χ4v) is 1.86. The van der Waals surface area contributed by atoms with Crippen molar-refractivity contribution in [3.63, 3.8) is 0 Å². The van der Waals surface area contributed by atoms with Crippen molar-refractivity contribution in [2.24, 2.45) is 11.8 Å². The van der Waals surface area contributed by atoms with Gasteiger partial charge in [-0.25, -0.2) is 0 Å². The molecular formula is C15H20N2O2. The molecule has 0 aliphatic carbocycles. The number of benzene rings is 1. The van der Waals surface area contributed by atoms with E-state index in [1.807, 2.05) is 39.0 Å². The highest BCUT2D eigenvalue weighted by Gasteiger charge is 2.21. The van der Waals surface area contributed by atoms with Gasteiger partial charge < -0.3 is 10.1 Å². The number of ether oxygens (including phenoxy) is 1. The normalized spacial score (nSPS) is 11.8. The molecule has 0 aliphatic rings. The number of amides is 1. The molecular weight excluding hydrogens is 240 g/mol. The summed E-state index contributed by atoms with van der Waals surface area (Å²) < 4.78 is 5.24. The van der Waals surface area contributed by atoms with Crippen LogP contribution in [0.4, 0.5) is 5.69 Å². The third kappa shape index (κ3) is 3.72. The van der Waals surface area contributed by atoms with Gasteiger partial charge in [-0.2, -0.15) is 5.26 Å². The minimum atomic E-state index is -0.632. The quantitative estimate of drug-likeness (QED) is 0.885. The van der Waals surface area contributed by atoms with Crippen LogP contribution in [0.15, 0.2) is 18.2 Å². The van der Waals surface area contributed by atoms with E-state index >= 15 is 0 Å². The maximum atomic E-state index is 12.0. The van der Waals surface area contributed by atoms with E-state index in [-0.39, 0.29) is 11.8 Å². The van der Waals surface area contributed by atoms with Crippen molar-refractivity contribution >= 4 is 11.6 Å². The minimum absolute atomic E-state index is 0.00565. The summed E-state index contributed by atoms with van der Waals surface area (Å²) in [6.07, 6.45) is 0.818. The Bertz CT molecular complexity index is 489. The predicted molar refractivity (Wildman–Crippen MR) is 74.9 cm³/mol. The van der Waals surface area contributed by atoms with E-state index in [1.165, 1.54) is 0 Å². The summed E-state index contributed by atoms with van der Waals surface area (Å²) >= 11 is 0. The first-order chi connectivity index (χ1) is 9.03. The van der Waals surface area contributed by atoms with Gasteiger partial charge in [0.2, 0.25) is 5.91 Å². The van der Waals surface area contributed by atoms with Crippen LogP contribution in [0.2, 0.25) is 0 Å². The first-order valence-electron chi connectivity index (χ1n) is 6.40. The van der Waals surface area contributed by atoms with E-state index in [9.17, 15) is 4.79 Å². The van der Waals surface area contributed by atoms with E-state index in [0.29, 0.717) is 5.69 Å². The Morgan fingerprint density at radius 1 is 1.47 bits per heavy atom. The number of aryl methyl sites for hydroxylation is 1. The van der Waals surface area contributed by atoms with Gasteiger partial charge in [0.05, 0.1) is 13.2 Å². The Morgan fingerprint density at radius 2 is 2.16 bits per heavy atom. The molecule has 1 amide bonds. The monoisotopic (exact) mass is 260 g/mol. The number of nitrogens with one attached hydrogen (secondary N) is 1. The van der Waals surface area contributed by atoms with Gasteiger partial charge in [-0.15, -0.1) is 0 Å². The minimum Gasteiger partial charge on any atom is -0.496 e. The second kappa shape index (κ2) is 6.79. The van der Waals surface area contributed by atoms with E-state index in [4.69, 9.17) is 10.00 Å². The van der Waals surface area contributed by atoms with Crippen LogP contribution >= 0.6 is 0 Å². The van der Waals surface area contributed by atoms with Gasteiger partial charge in [-0.05, 0) is 36.1 Å². The van der Waals surface area contributed by atoms with Crippen molar-refractivity contribution in [1.29, 1.82) is 5.26 Å². The maximum absolute atomic E-state index is 12.0. The summed E-state index contributed by atoms with van der Waals surface area (Å²) in [6.45, 7) is 5.74. The number of carbonyl (C=O) groups excluding carboxylic acids is 1. The van der Waals surface area contributed by atoms with Gasteiger partial charge in [0, 0.05) is 5.69 Å². The molecule has 0 bridgehead atoms. The first-order valence-corrected chi connectivity index (χ1v) is 6.40. The molecule has 1 N–H and O–H groups in total. The van der Waals surface area contributed by atoms with Crippen molar-refractivity contribution in [2.75, 3.05) is 12.4 Å².